The van der Waals surface area contributed by atoms with Crippen LogP contribution in [0.2, 0.25) is 0 Å². The van der Waals surface area contributed by atoms with E-state index in [1.54, 1.807) is 0 Å². The normalized spacial score (nSPS) is 19.2. The van der Waals surface area contributed by atoms with Crippen molar-refractivity contribution in [1.82, 2.24) is 10.2 Å². The zero-order valence-electron chi connectivity index (χ0n) is 8.45. The Morgan fingerprint density at radius 1 is 1.43 bits per heavy atom. The van der Waals surface area contributed by atoms with Crippen LogP contribution in [0.4, 0.5) is 0 Å². The molecule has 1 fully saturated rings. The maximum absolute atomic E-state index is 10.8. The molecule has 1 saturated heterocycles. The maximum Gasteiger partial charge on any atom is 0.231 e. The second-order valence-electron chi connectivity index (χ2n) is 3.72. The molecule has 14 heavy (non-hydrogen) atoms. The topological polar surface area (TPSA) is 75.4 Å². The summed E-state index contributed by atoms with van der Waals surface area (Å²) in [7, 11) is 0. The van der Waals surface area contributed by atoms with Gasteiger partial charge < -0.3 is 11.1 Å². The van der Waals surface area contributed by atoms with Crippen LogP contribution in [0, 0.1) is 0 Å². The molecule has 0 aromatic carbocycles. The predicted molar refractivity (Wildman–Crippen MR) is 52.5 cm³/mol. The zero-order valence-corrected chi connectivity index (χ0v) is 8.45. The van der Waals surface area contributed by atoms with Gasteiger partial charge in [0.25, 0.3) is 0 Å². The van der Waals surface area contributed by atoms with Crippen LogP contribution in [-0.2, 0) is 9.59 Å². The molecule has 3 N–H and O–H groups in total. The average molecular weight is 199 g/mol. The molecule has 1 aliphatic rings. The van der Waals surface area contributed by atoms with E-state index in [1.807, 2.05) is 4.90 Å². The Kier molecular flexibility index (Phi) is 3.88. The molecule has 0 saturated carbocycles. The smallest absolute Gasteiger partial charge is 0.231 e. The maximum atomic E-state index is 10.8. The highest BCUT2D eigenvalue weighted by atomic mass is 16.1. The summed E-state index contributed by atoms with van der Waals surface area (Å²) in [6.07, 6.45) is 1.79. The fraction of sp³-hybridized carbons (Fsp3) is 0.778. The zero-order chi connectivity index (χ0) is 10.6. The highest BCUT2D eigenvalue weighted by Crippen LogP contribution is 2.09. The first-order chi connectivity index (χ1) is 6.58. The molecule has 0 bridgehead atoms. The average Bonchev–Trinajstić information content (AvgIpc) is 2.06. The van der Waals surface area contributed by atoms with Gasteiger partial charge in [0.1, 0.15) is 0 Å². The van der Waals surface area contributed by atoms with Crippen molar-refractivity contribution in [3.63, 3.8) is 0 Å². The highest BCUT2D eigenvalue weighted by molar-refractivity contribution is 5.76. The summed E-state index contributed by atoms with van der Waals surface area (Å²) in [5.74, 6) is -0.277. The SMILES string of the molecule is CC(=O)NC1CCN(CC(N)=O)CC1. The van der Waals surface area contributed by atoms with Gasteiger partial charge >= 0.3 is 0 Å². The Labute approximate surface area is 83.6 Å². The highest BCUT2D eigenvalue weighted by Gasteiger charge is 2.20. The second-order valence-corrected chi connectivity index (χ2v) is 3.72. The quantitative estimate of drug-likeness (QED) is 0.616. The summed E-state index contributed by atoms with van der Waals surface area (Å²) in [5, 5.41) is 2.87. The standard InChI is InChI=1S/C9H17N3O2/c1-7(13)11-8-2-4-12(5-3-8)6-9(10)14/h8H,2-6H2,1H3,(H2,10,14)(H,11,13). The van der Waals surface area contributed by atoms with E-state index >= 15 is 0 Å². The molecule has 1 heterocycles. The third-order valence-corrected chi connectivity index (χ3v) is 2.37. The molecule has 5 nitrogen and oxygen atoms in total. The molecule has 0 unspecified atom stereocenters. The minimum absolute atomic E-state index is 0.0124. The van der Waals surface area contributed by atoms with Crippen LogP contribution in [0.15, 0.2) is 0 Å². The van der Waals surface area contributed by atoms with Crippen molar-refractivity contribution >= 4 is 11.8 Å². The molecule has 0 aromatic rings. The Morgan fingerprint density at radius 2 is 2.00 bits per heavy atom. The van der Waals surface area contributed by atoms with Gasteiger partial charge in [-0.15, -0.1) is 0 Å². The van der Waals surface area contributed by atoms with Crippen molar-refractivity contribution in [2.24, 2.45) is 5.73 Å². The van der Waals surface area contributed by atoms with Crippen LogP contribution in [0.1, 0.15) is 19.8 Å². The number of nitrogens with zero attached hydrogens (tertiary/aromatic N) is 1. The number of primary amides is 1. The third-order valence-electron chi connectivity index (χ3n) is 2.37. The predicted octanol–water partition coefficient (Wildman–Crippen LogP) is -0.928. The number of hydrogen-bond donors (Lipinski definition) is 2. The molecular weight excluding hydrogens is 182 g/mol. The van der Waals surface area contributed by atoms with E-state index < -0.39 is 0 Å². The lowest BCUT2D eigenvalue weighted by atomic mass is 10.1. The molecule has 0 aliphatic carbocycles. The van der Waals surface area contributed by atoms with Gasteiger partial charge in [-0.1, -0.05) is 0 Å². The van der Waals surface area contributed by atoms with Crippen molar-refractivity contribution in [2.75, 3.05) is 19.6 Å². The molecule has 0 aromatic heterocycles. The van der Waals surface area contributed by atoms with E-state index in [2.05, 4.69) is 5.32 Å². The largest absolute Gasteiger partial charge is 0.369 e. The van der Waals surface area contributed by atoms with E-state index in [0.29, 0.717) is 6.54 Å². The fourth-order valence-electron chi connectivity index (χ4n) is 1.74. The van der Waals surface area contributed by atoms with Crippen molar-refractivity contribution in [2.45, 2.75) is 25.8 Å². The lowest BCUT2D eigenvalue weighted by molar-refractivity contribution is -0.121. The van der Waals surface area contributed by atoms with Crippen molar-refractivity contribution in [3.05, 3.63) is 0 Å². The summed E-state index contributed by atoms with van der Waals surface area (Å²) in [6, 6.07) is 0.261. The monoisotopic (exact) mass is 199 g/mol. The molecule has 0 spiro atoms. The molecular formula is C9H17N3O2. The van der Waals surface area contributed by atoms with E-state index in [9.17, 15) is 9.59 Å². The first-order valence-corrected chi connectivity index (χ1v) is 4.85. The van der Waals surface area contributed by atoms with E-state index in [-0.39, 0.29) is 17.9 Å². The molecule has 80 valence electrons. The van der Waals surface area contributed by atoms with Crippen LogP contribution >= 0.6 is 0 Å². The Morgan fingerprint density at radius 3 is 2.43 bits per heavy atom. The van der Waals surface area contributed by atoms with Gasteiger partial charge in [-0.3, -0.25) is 14.5 Å². The van der Waals surface area contributed by atoms with Crippen LogP contribution in [0.3, 0.4) is 0 Å². The van der Waals surface area contributed by atoms with E-state index in [0.717, 1.165) is 25.9 Å². The lowest BCUT2D eigenvalue weighted by Crippen LogP contribution is -2.46. The van der Waals surface area contributed by atoms with Crippen molar-refractivity contribution in [1.29, 1.82) is 0 Å². The number of likely N-dealkylation sites (tertiary alicyclic amines) is 1. The number of carbonyl (C=O) groups is 2. The van der Waals surface area contributed by atoms with E-state index in [1.165, 1.54) is 6.92 Å². The van der Waals surface area contributed by atoms with Gasteiger partial charge in [-0.05, 0) is 12.8 Å². The Bertz CT molecular complexity index is 198. The van der Waals surface area contributed by atoms with Crippen molar-refractivity contribution < 1.29 is 9.59 Å². The van der Waals surface area contributed by atoms with Crippen LogP contribution in [0.5, 0.6) is 0 Å². The number of nitrogens with two attached hydrogens (primary N) is 1. The Balaban J connectivity index is 2.24. The lowest BCUT2D eigenvalue weighted by Gasteiger charge is -2.31. The van der Waals surface area contributed by atoms with E-state index in [4.69, 9.17) is 5.73 Å². The number of hydrogen-bond acceptors (Lipinski definition) is 3. The van der Waals surface area contributed by atoms with Gasteiger partial charge in [-0.2, -0.15) is 0 Å². The van der Waals surface area contributed by atoms with Crippen molar-refractivity contribution in [3.8, 4) is 0 Å². The van der Waals surface area contributed by atoms with Gasteiger partial charge in [-0.25, -0.2) is 0 Å². The minimum Gasteiger partial charge on any atom is -0.369 e. The summed E-state index contributed by atoms with van der Waals surface area (Å²) in [5.41, 5.74) is 5.09. The van der Waals surface area contributed by atoms with Gasteiger partial charge in [0, 0.05) is 26.1 Å². The third kappa shape index (κ3) is 3.74. The number of amides is 2. The molecule has 0 radical (unpaired) electrons. The minimum atomic E-state index is -0.289. The number of rotatable bonds is 3. The van der Waals surface area contributed by atoms with Crippen LogP contribution < -0.4 is 11.1 Å². The summed E-state index contributed by atoms with van der Waals surface area (Å²) in [6.45, 7) is 3.50. The number of nitrogens with one attached hydrogen (secondary N) is 1. The van der Waals surface area contributed by atoms with Crippen LogP contribution in [-0.4, -0.2) is 42.4 Å². The summed E-state index contributed by atoms with van der Waals surface area (Å²) >= 11 is 0. The molecule has 1 rings (SSSR count). The summed E-state index contributed by atoms with van der Waals surface area (Å²) in [4.78, 5) is 23.4. The fourth-order valence-corrected chi connectivity index (χ4v) is 1.74. The first-order valence-electron chi connectivity index (χ1n) is 4.85. The van der Waals surface area contributed by atoms with Gasteiger partial charge in [0.05, 0.1) is 6.54 Å². The molecule has 0 atom stereocenters. The Hall–Kier alpha value is -1.10. The van der Waals surface area contributed by atoms with Gasteiger partial charge in [0.15, 0.2) is 0 Å². The number of piperidine rings is 1. The van der Waals surface area contributed by atoms with Crippen LogP contribution in [0.25, 0.3) is 0 Å². The first kappa shape index (κ1) is 11.0. The second kappa shape index (κ2) is 4.95. The molecule has 1 aliphatic heterocycles. The van der Waals surface area contributed by atoms with Gasteiger partial charge in [0.2, 0.25) is 11.8 Å². The molecule has 2 amide bonds. The summed E-state index contributed by atoms with van der Waals surface area (Å²) < 4.78 is 0. The number of carbonyl (C=O) groups excluding carboxylic acids is 2. The molecule has 5 heteroatoms.